The van der Waals surface area contributed by atoms with E-state index in [-0.39, 0.29) is 18.2 Å². The second-order valence-corrected chi connectivity index (χ2v) is 9.55. The van der Waals surface area contributed by atoms with E-state index < -0.39 is 5.25 Å². The van der Waals surface area contributed by atoms with Gasteiger partial charge >= 0.3 is 0 Å². The Morgan fingerprint density at radius 2 is 1.81 bits per heavy atom. The van der Waals surface area contributed by atoms with Gasteiger partial charge in [0.15, 0.2) is 0 Å². The monoisotopic (exact) mass is 390 g/mol. The third kappa shape index (κ3) is 3.81. The number of carbonyl (C=O) groups is 2. The Balaban J connectivity index is 1.73. The quantitative estimate of drug-likeness (QED) is 0.565. The highest BCUT2D eigenvalue weighted by molar-refractivity contribution is 8.23. The lowest BCUT2D eigenvalue weighted by molar-refractivity contribution is -0.121. The molecule has 2 heterocycles. The molecule has 140 valence electrons. The molecule has 0 aromatic heterocycles. The SMILES string of the molecule is Cc1cccc(N2C(=O)C[C@H](SC(=S)N3C[C@H](C)C[C@H](C)C3)C2=O)c1C. The van der Waals surface area contributed by atoms with Gasteiger partial charge in [-0.15, -0.1) is 0 Å². The molecule has 0 N–H and O–H groups in total. The Morgan fingerprint density at radius 1 is 1.15 bits per heavy atom. The molecule has 0 bridgehead atoms. The number of rotatable bonds is 2. The normalized spacial score (nSPS) is 26.5. The number of hydrogen-bond acceptors (Lipinski definition) is 4. The molecule has 2 amide bonds. The first kappa shape index (κ1) is 19.4. The second-order valence-electron chi connectivity index (χ2n) is 7.71. The molecule has 2 saturated heterocycles. The number of benzene rings is 1. The van der Waals surface area contributed by atoms with Crippen LogP contribution in [0.5, 0.6) is 0 Å². The summed E-state index contributed by atoms with van der Waals surface area (Å²) >= 11 is 7.00. The maximum absolute atomic E-state index is 12.9. The molecule has 6 heteroatoms. The van der Waals surface area contributed by atoms with Crippen molar-refractivity contribution in [3.63, 3.8) is 0 Å². The Bertz CT molecular complexity index is 739. The first-order chi connectivity index (χ1) is 12.3. The lowest BCUT2D eigenvalue weighted by atomic mass is 9.92. The lowest BCUT2D eigenvalue weighted by Crippen LogP contribution is -2.41. The second kappa shape index (κ2) is 7.69. The van der Waals surface area contributed by atoms with Crippen molar-refractivity contribution in [2.24, 2.45) is 11.8 Å². The van der Waals surface area contributed by atoms with Gasteiger partial charge in [0.1, 0.15) is 9.57 Å². The van der Waals surface area contributed by atoms with E-state index in [1.54, 1.807) is 0 Å². The van der Waals surface area contributed by atoms with E-state index in [2.05, 4.69) is 18.7 Å². The molecule has 3 rings (SSSR count). The zero-order chi connectivity index (χ0) is 19.0. The fourth-order valence-corrected chi connectivity index (χ4v) is 5.41. The molecule has 1 aromatic rings. The number of likely N-dealkylation sites (tertiary alicyclic amines) is 1. The van der Waals surface area contributed by atoms with Gasteiger partial charge < -0.3 is 4.90 Å². The van der Waals surface area contributed by atoms with Crippen LogP contribution in [0.4, 0.5) is 5.69 Å². The van der Waals surface area contributed by atoms with Gasteiger partial charge in [-0.1, -0.05) is 50.0 Å². The van der Waals surface area contributed by atoms with E-state index in [9.17, 15) is 9.59 Å². The summed E-state index contributed by atoms with van der Waals surface area (Å²) in [5, 5.41) is -0.414. The number of piperidine rings is 1. The van der Waals surface area contributed by atoms with Crippen molar-refractivity contribution in [2.45, 2.75) is 45.8 Å². The molecule has 0 radical (unpaired) electrons. The number of thiocarbonyl (C=S) groups is 1. The zero-order valence-electron chi connectivity index (χ0n) is 15.8. The van der Waals surface area contributed by atoms with Crippen LogP contribution >= 0.6 is 24.0 Å². The van der Waals surface area contributed by atoms with Crippen LogP contribution in [0.1, 0.15) is 37.8 Å². The number of anilines is 1. The van der Waals surface area contributed by atoms with Gasteiger partial charge in [0, 0.05) is 19.5 Å². The summed E-state index contributed by atoms with van der Waals surface area (Å²) in [4.78, 5) is 29.0. The van der Waals surface area contributed by atoms with Crippen LogP contribution in [0.2, 0.25) is 0 Å². The van der Waals surface area contributed by atoms with Crippen LogP contribution in [0.25, 0.3) is 0 Å². The molecular formula is C20H26N2O2S2. The first-order valence-corrected chi connectivity index (χ1v) is 10.4. The van der Waals surface area contributed by atoms with Crippen molar-refractivity contribution in [1.82, 2.24) is 4.90 Å². The standard InChI is InChI=1S/C20H26N2O2S2/c1-12-8-13(2)11-21(10-12)20(25)26-17-9-18(23)22(19(17)24)16-7-5-6-14(3)15(16)4/h5-7,12-13,17H,8-11H2,1-4H3/t12-,13+,17-/m0/s1. The molecule has 0 saturated carbocycles. The van der Waals surface area contributed by atoms with Gasteiger partial charge in [0.25, 0.3) is 0 Å². The number of thioether (sulfide) groups is 1. The van der Waals surface area contributed by atoms with Crippen LogP contribution in [-0.4, -0.2) is 39.4 Å². The lowest BCUT2D eigenvalue weighted by Gasteiger charge is -2.36. The Kier molecular flexibility index (Phi) is 5.72. The molecule has 3 atom stereocenters. The highest BCUT2D eigenvalue weighted by Gasteiger charge is 2.42. The number of aryl methyl sites for hydroxylation is 1. The minimum atomic E-state index is -0.414. The molecular weight excluding hydrogens is 364 g/mol. The average Bonchev–Trinajstić information content (AvgIpc) is 2.83. The summed E-state index contributed by atoms with van der Waals surface area (Å²) in [6.07, 6.45) is 1.43. The Labute approximate surface area is 165 Å². The molecule has 0 aliphatic carbocycles. The van der Waals surface area contributed by atoms with Crippen molar-refractivity contribution in [3.05, 3.63) is 29.3 Å². The van der Waals surface area contributed by atoms with Crippen molar-refractivity contribution >= 4 is 45.8 Å². The minimum Gasteiger partial charge on any atom is -0.357 e. The fraction of sp³-hybridized carbons (Fsp3) is 0.550. The molecule has 2 aliphatic heterocycles. The largest absolute Gasteiger partial charge is 0.357 e. The summed E-state index contributed by atoms with van der Waals surface area (Å²) in [5.41, 5.74) is 2.75. The molecule has 0 spiro atoms. The predicted molar refractivity (Wildman–Crippen MR) is 112 cm³/mol. The smallest absolute Gasteiger partial charge is 0.247 e. The van der Waals surface area contributed by atoms with Crippen molar-refractivity contribution in [1.29, 1.82) is 0 Å². The molecule has 1 aromatic carbocycles. The van der Waals surface area contributed by atoms with Crippen molar-refractivity contribution in [3.8, 4) is 0 Å². The van der Waals surface area contributed by atoms with E-state index in [1.807, 2.05) is 32.0 Å². The number of nitrogens with zero attached hydrogens (tertiary/aromatic N) is 2. The van der Waals surface area contributed by atoms with Gasteiger partial charge in [0.2, 0.25) is 11.8 Å². The molecule has 26 heavy (non-hydrogen) atoms. The van der Waals surface area contributed by atoms with Crippen LogP contribution in [0.3, 0.4) is 0 Å². The summed E-state index contributed by atoms with van der Waals surface area (Å²) < 4.78 is 0.748. The van der Waals surface area contributed by atoms with E-state index >= 15 is 0 Å². The highest BCUT2D eigenvalue weighted by Crippen LogP contribution is 2.34. The maximum Gasteiger partial charge on any atom is 0.247 e. The van der Waals surface area contributed by atoms with Crippen molar-refractivity contribution < 1.29 is 9.59 Å². The van der Waals surface area contributed by atoms with Crippen molar-refractivity contribution in [2.75, 3.05) is 18.0 Å². The molecule has 2 aliphatic rings. The van der Waals surface area contributed by atoms with Crippen LogP contribution in [0.15, 0.2) is 18.2 Å². The molecule has 4 nitrogen and oxygen atoms in total. The first-order valence-electron chi connectivity index (χ1n) is 9.16. The predicted octanol–water partition coefficient (Wildman–Crippen LogP) is 3.93. The van der Waals surface area contributed by atoms with Gasteiger partial charge in [-0.05, 0) is 49.3 Å². The highest BCUT2D eigenvalue weighted by atomic mass is 32.2. The number of amides is 2. The van der Waals surface area contributed by atoms with Crippen LogP contribution in [0, 0.1) is 25.7 Å². The molecule has 2 fully saturated rings. The van der Waals surface area contributed by atoms with E-state index in [4.69, 9.17) is 12.2 Å². The third-order valence-electron chi connectivity index (χ3n) is 5.29. The third-order valence-corrected chi connectivity index (χ3v) is 6.95. The number of hydrogen-bond donors (Lipinski definition) is 0. The van der Waals surface area contributed by atoms with Gasteiger partial charge in [-0.3, -0.25) is 9.59 Å². The van der Waals surface area contributed by atoms with Gasteiger partial charge in [-0.25, -0.2) is 4.90 Å². The van der Waals surface area contributed by atoms with E-state index in [1.165, 1.54) is 23.1 Å². The summed E-state index contributed by atoms with van der Waals surface area (Å²) in [6, 6.07) is 5.72. The molecule has 0 unspecified atom stereocenters. The van der Waals surface area contributed by atoms with Gasteiger partial charge in [-0.2, -0.15) is 0 Å². The van der Waals surface area contributed by atoms with E-state index in [0.29, 0.717) is 17.5 Å². The maximum atomic E-state index is 12.9. The Morgan fingerprint density at radius 3 is 2.46 bits per heavy atom. The summed E-state index contributed by atoms with van der Waals surface area (Å²) in [7, 11) is 0. The number of carbonyl (C=O) groups excluding carboxylic acids is 2. The van der Waals surface area contributed by atoms with Crippen LogP contribution in [-0.2, 0) is 9.59 Å². The van der Waals surface area contributed by atoms with Gasteiger partial charge in [0.05, 0.1) is 5.69 Å². The topological polar surface area (TPSA) is 40.6 Å². The van der Waals surface area contributed by atoms with Crippen LogP contribution < -0.4 is 4.90 Å². The van der Waals surface area contributed by atoms with E-state index in [0.717, 1.165) is 28.5 Å². The average molecular weight is 391 g/mol. The number of imide groups is 1. The fourth-order valence-electron chi connectivity index (χ4n) is 3.94. The zero-order valence-corrected chi connectivity index (χ0v) is 17.5. The Hall–Kier alpha value is -1.40. The minimum absolute atomic E-state index is 0.135. The summed E-state index contributed by atoms with van der Waals surface area (Å²) in [6.45, 7) is 10.3. The summed E-state index contributed by atoms with van der Waals surface area (Å²) in [5.74, 6) is 0.924.